The molecule has 0 aliphatic heterocycles. The van der Waals surface area contributed by atoms with E-state index in [4.69, 9.17) is 9.84 Å². The molecule has 1 N–H and O–H groups in total. The van der Waals surface area contributed by atoms with Gasteiger partial charge in [0.05, 0.1) is 19.1 Å². The van der Waals surface area contributed by atoms with E-state index >= 15 is 0 Å². The van der Waals surface area contributed by atoms with Gasteiger partial charge in [-0.15, -0.1) is 0 Å². The molecular formula is C16H22O3. The van der Waals surface area contributed by atoms with Crippen molar-refractivity contribution in [2.75, 3.05) is 0 Å². The molecule has 2 atom stereocenters. The lowest BCUT2D eigenvalue weighted by Gasteiger charge is -2.27. The number of rotatable bonds is 5. The van der Waals surface area contributed by atoms with E-state index in [0.29, 0.717) is 12.7 Å². The van der Waals surface area contributed by atoms with Crippen molar-refractivity contribution < 1.29 is 14.6 Å². The van der Waals surface area contributed by atoms with E-state index in [-0.39, 0.29) is 6.42 Å². The van der Waals surface area contributed by atoms with Crippen molar-refractivity contribution in [3.05, 3.63) is 35.4 Å². The van der Waals surface area contributed by atoms with Gasteiger partial charge in [0.25, 0.3) is 0 Å². The Morgan fingerprint density at radius 1 is 1.32 bits per heavy atom. The number of carboxylic acids is 1. The summed E-state index contributed by atoms with van der Waals surface area (Å²) in [5.74, 6) is -0.0493. The Balaban J connectivity index is 1.93. The first-order chi connectivity index (χ1) is 9.15. The lowest BCUT2D eigenvalue weighted by atomic mass is 9.89. The maximum atomic E-state index is 10.8. The summed E-state index contributed by atoms with van der Waals surface area (Å²) >= 11 is 0. The molecule has 1 fully saturated rings. The van der Waals surface area contributed by atoms with E-state index in [1.165, 1.54) is 12.8 Å². The van der Waals surface area contributed by atoms with Crippen LogP contribution in [0.15, 0.2) is 24.3 Å². The molecule has 0 heterocycles. The van der Waals surface area contributed by atoms with Gasteiger partial charge in [0.1, 0.15) is 0 Å². The normalized spacial score (nSPS) is 23.2. The zero-order chi connectivity index (χ0) is 13.7. The van der Waals surface area contributed by atoms with Crippen LogP contribution < -0.4 is 0 Å². The van der Waals surface area contributed by atoms with Crippen LogP contribution in [0.25, 0.3) is 0 Å². The van der Waals surface area contributed by atoms with Crippen LogP contribution in [0.1, 0.15) is 43.7 Å². The molecule has 1 aromatic carbocycles. The van der Waals surface area contributed by atoms with Crippen molar-refractivity contribution in [3.8, 4) is 0 Å². The van der Waals surface area contributed by atoms with Crippen molar-refractivity contribution in [2.45, 2.75) is 51.7 Å². The minimum absolute atomic E-state index is 0.0700. The molecule has 104 valence electrons. The van der Waals surface area contributed by atoms with Gasteiger partial charge in [0, 0.05) is 0 Å². The number of benzene rings is 1. The Hall–Kier alpha value is -1.35. The van der Waals surface area contributed by atoms with Crippen molar-refractivity contribution >= 4 is 5.97 Å². The molecular weight excluding hydrogens is 240 g/mol. The molecule has 1 aliphatic rings. The number of hydrogen-bond donors (Lipinski definition) is 1. The summed E-state index contributed by atoms with van der Waals surface area (Å²) in [6, 6.07) is 7.65. The molecule has 0 saturated heterocycles. The predicted octanol–water partition coefficient (Wildman–Crippen LogP) is 3.41. The van der Waals surface area contributed by atoms with Gasteiger partial charge in [-0.3, -0.25) is 4.79 Å². The first-order valence-corrected chi connectivity index (χ1v) is 7.05. The highest BCUT2D eigenvalue weighted by atomic mass is 16.5. The van der Waals surface area contributed by atoms with Gasteiger partial charge in [-0.2, -0.15) is 0 Å². The fraction of sp³-hybridized carbons (Fsp3) is 0.562. The zero-order valence-electron chi connectivity index (χ0n) is 11.5. The average Bonchev–Trinajstić information content (AvgIpc) is 2.37. The van der Waals surface area contributed by atoms with Crippen LogP contribution in [-0.4, -0.2) is 17.2 Å². The Kier molecular flexibility index (Phi) is 4.97. The van der Waals surface area contributed by atoms with Crippen molar-refractivity contribution in [1.29, 1.82) is 0 Å². The summed E-state index contributed by atoms with van der Waals surface area (Å²) in [4.78, 5) is 10.8. The molecule has 0 amide bonds. The lowest BCUT2D eigenvalue weighted by Crippen LogP contribution is -2.21. The molecule has 1 aromatic rings. The van der Waals surface area contributed by atoms with E-state index in [1.807, 2.05) is 24.3 Å². The second kappa shape index (κ2) is 6.71. The van der Waals surface area contributed by atoms with E-state index in [1.54, 1.807) is 0 Å². The van der Waals surface area contributed by atoms with Gasteiger partial charge in [0.2, 0.25) is 0 Å². The lowest BCUT2D eigenvalue weighted by molar-refractivity contribution is -0.136. The van der Waals surface area contributed by atoms with E-state index in [0.717, 1.165) is 29.9 Å². The zero-order valence-corrected chi connectivity index (χ0v) is 11.5. The fourth-order valence-corrected chi connectivity index (χ4v) is 2.77. The molecule has 2 unspecified atom stereocenters. The van der Waals surface area contributed by atoms with Crippen LogP contribution in [0.2, 0.25) is 0 Å². The van der Waals surface area contributed by atoms with Crippen LogP contribution in [0.3, 0.4) is 0 Å². The van der Waals surface area contributed by atoms with E-state index in [2.05, 4.69) is 6.92 Å². The SMILES string of the molecule is CC1CCCC(OCc2ccccc2CC(=O)O)C1. The van der Waals surface area contributed by atoms with Gasteiger partial charge in [-0.1, -0.05) is 44.0 Å². The standard InChI is InChI=1S/C16H22O3/c1-12-5-4-8-15(9-12)19-11-14-7-3-2-6-13(14)10-16(17)18/h2-3,6-7,12,15H,4-5,8-11H2,1H3,(H,17,18). The van der Waals surface area contributed by atoms with Crippen LogP contribution in [-0.2, 0) is 22.6 Å². The third-order valence-electron chi connectivity index (χ3n) is 3.82. The van der Waals surface area contributed by atoms with Crippen molar-refractivity contribution in [3.63, 3.8) is 0 Å². The first-order valence-electron chi connectivity index (χ1n) is 7.05. The highest BCUT2D eigenvalue weighted by Crippen LogP contribution is 2.26. The maximum absolute atomic E-state index is 10.8. The molecule has 1 aliphatic carbocycles. The molecule has 0 spiro atoms. The summed E-state index contributed by atoms with van der Waals surface area (Å²) in [6.07, 6.45) is 5.20. The van der Waals surface area contributed by atoms with Gasteiger partial charge in [0.15, 0.2) is 0 Å². The van der Waals surface area contributed by atoms with Crippen LogP contribution in [0.4, 0.5) is 0 Å². The molecule has 0 bridgehead atoms. The fourth-order valence-electron chi connectivity index (χ4n) is 2.77. The highest BCUT2D eigenvalue weighted by molar-refractivity contribution is 5.70. The third-order valence-corrected chi connectivity index (χ3v) is 3.82. The molecule has 0 radical (unpaired) electrons. The smallest absolute Gasteiger partial charge is 0.307 e. The average molecular weight is 262 g/mol. The molecule has 19 heavy (non-hydrogen) atoms. The Bertz CT molecular complexity index is 428. The number of aliphatic carboxylic acids is 1. The molecule has 2 rings (SSSR count). The number of carboxylic acid groups (broad SMARTS) is 1. The second-order valence-corrected chi connectivity index (χ2v) is 5.54. The molecule has 0 aromatic heterocycles. The van der Waals surface area contributed by atoms with Crippen LogP contribution >= 0.6 is 0 Å². The van der Waals surface area contributed by atoms with Crippen LogP contribution in [0.5, 0.6) is 0 Å². The number of ether oxygens (including phenoxy) is 1. The van der Waals surface area contributed by atoms with Gasteiger partial charge in [-0.05, 0) is 29.9 Å². The van der Waals surface area contributed by atoms with E-state index in [9.17, 15) is 4.79 Å². The molecule has 3 heteroatoms. The summed E-state index contributed by atoms with van der Waals surface area (Å²) in [6.45, 7) is 2.80. The molecule has 1 saturated carbocycles. The van der Waals surface area contributed by atoms with Gasteiger partial charge in [-0.25, -0.2) is 0 Å². The monoisotopic (exact) mass is 262 g/mol. The third kappa shape index (κ3) is 4.35. The first kappa shape index (κ1) is 14.1. The summed E-state index contributed by atoms with van der Waals surface area (Å²) < 4.78 is 5.97. The quantitative estimate of drug-likeness (QED) is 0.884. The van der Waals surface area contributed by atoms with Crippen molar-refractivity contribution in [2.24, 2.45) is 5.92 Å². The van der Waals surface area contributed by atoms with Gasteiger partial charge < -0.3 is 9.84 Å². The number of carbonyl (C=O) groups is 1. The highest BCUT2D eigenvalue weighted by Gasteiger charge is 2.19. The summed E-state index contributed by atoms with van der Waals surface area (Å²) in [7, 11) is 0. The summed E-state index contributed by atoms with van der Waals surface area (Å²) in [5.41, 5.74) is 1.86. The second-order valence-electron chi connectivity index (χ2n) is 5.54. The topological polar surface area (TPSA) is 46.5 Å². The predicted molar refractivity (Wildman–Crippen MR) is 74.0 cm³/mol. The van der Waals surface area contributed by atoms with E-state index < -0.39 is 5.97 Å². The largest absolute Gasteiger partial charge is 0.481 e. The Morgan fingerprint density at radius 2 is 2.05 bits per heavy atom. The Labute approximate surface area is 114 Å². The van der Waals surface area contributed by atoms with Gasteiger partial charge >= 0.3 is 5.97 Å². The summed E-state index contributed by atoms with van der Waals surface area (Å²) in [5, 5.41) is 8.90. The minimum Gasteiger partial charge on any atom is -0.481 e. The maximum Gasteiger partial charge on any atom is 0.307 e. The molecule has 3 nitrogen and oxygen atoms in total. The Morgan fingerprint density at radius 3 is 2.74 bits per heavy atom. The minimum atomic E-state index is -0.793. The number of hydrogen-bond acceptors (Lipinski definition) is 2. The van der Waals surface area contributed by atoms with Crippen molar-refractivity contribution in [1.82, 2.24) is 0 Å². The van der Waals surface area contributed by atoms with Crippen LogP contribution in [0, 0.1) is 5.92 Å².